The molecule has 0 aliphatic heterocycles. The topological polar surface area (TPSA) is 60.1 Å². The lowest BCUT2D eigenvalue weighted by atomic mass is 10.2. The van der Waals surface area contributed by atoms with Crippen LogP contribution in [-0.2, 0) is 6.54 Å². The zero-order chi connectivity index (χ0) is 14.7. The molecule has 1 aromatic carbocycles. The smallest absolute Gasteiger partial charge is 0.304 e. The van der Waals surface area contributed by atoms with Gasteiger partial charge in [-0.15, -0.1) is 0 Å². The van der Waals surface area contributed by atoms with Gasteiger partial charge in [0.2, 0.25) is 5.82 Å². The van der Waals surface area contributed by atoms with E-state index < -0.39 is 16.4 Å². The standard InChI is InChI=1S/C14H16FN3O2/c1-10(16-2)13-4-3-7-17(13)9-11-5-6-14(18(19)20)12(15)8-11/h3-8,10,16H,9H2,1-2H3. The Labute approximate surface area is 116 Å². The molecule has 2 aromatic rings. The van der Waals surface area contributed by atoms with Gasteiger partial charge in [0.15, 0.2) is 0 Å². The molecule has 2 rings (SSSR count). The first-order chi connectivity index (χ1) is 9.52. The van der Waals surface area contributed by atoms with Gasteiger partial charge in [0, 0.05) is 30.5 Å². The van der Waals surface area contributed by atoms with Gasteiger partial charge in [-0.3, -0.25) is 10.1 Å². The first kappa shape index (κ1) is 14.2. The van der Waals surface area contributed by atoms with E-state index in [1.807, 2.05) is 36.9 Å². The van der Waals surface area contributed by atoms with Crippen molar-refractivity contribution < 1.29 is 9.31 Å². The Balaban J connectivity index is 2.25. The SMILES string of the molecule is CNC(C)c1cccn1Cc1ccc([N+](=O)[O-])c(F)c1. The number of rotatable bonds is 5. The molecular weight excluding hydrogens is 261 g/mol. The van der Waals surface area contributed by atoms with Crippen LogP contribution in [0.15, 0.2) is 36.5 Å². The molecule has 5 nitrogen and oxygen atoms in total. The molecule has 1 unspecified atom stereocenters. The van der Waals surface area contributed by atoms with E-state index in [0.29, 0.717) is 12.1 Å². The van der Waals surface area contributed by atoms with Crippen LogP contribution in [0.4, 0.5) is 10.1 Å². The molecular formula is C14H16FN3O2. The fraction of sp³-hybridized carbons (Fsp3) is 0.286. The van der Waals surface area contributed by atoms with Gasteiger partial charge in [-0.2, -0.15) is 4.39 Å². The van der Waals surface area contributed by atoms with Crippen molar-refractivity contribution in [3.63, 3.8) is 0 Å². The largest absolute Gasteiger partial charge is 0.346 e. The van der Waals surface area contributed by atoms with Gasteiger partial charge in [-0.25, -0.2) is 0 Å². The maximum atomic E-state index is 13.6. The van der Waals surface area contributed by atoms with E-state index in [-0.39, 0.29) is 6.04 Å². The van der Waals surface area contributed by atoms with Crippen LogP contribution in [0.3, 0.4) is 0 Å². The average molecular weight is 277 g/mol. The van der Waals surface area contributed by atoms with Gasteiger partial charge in [0.05, 0.1) is 4.92 Å². The second kappa shape index (κ2) is 5.83. The summed E-state index contributed by atoms with van der Waals surface area (Å²) in [6, 6.07) is 8.08. The van der Waals surface area contributed by atoms with E-state index in [2.05, 4.69) is 5.32 Å². The third-order valence-corrected chi connectivity index (χ3v) is 3.30. The normalized spacial score (nSPS) is 12.3. The Kier molecular flexibility index (Phi) is 4.14. The van der Waals surface area contributed by atoms with Crippen molar-refractivity contribution in [2.75, 3.05) is 7.05 Å². The van der Waals surface area contributed by atoms with Crippen molar-refractivity contribution in [3.05, 3.63) is 63.7 Å². The van der Waals surface area contributed by atoms with Gasteiger partial charge in [0.1, 0.15) is 0 Å². The molecule has 106 valence electrons. The number of hydrogen-bond donors (Lipinski definition) is 1. The molecule has 1 N–H and O–H groups in total. The Morgan fingerprint density at radius 2 is 2.20 bits per heavy atom. The number of nitrogens with zero attached hydrogens (tertiary/aromatic N) is 2. The van der Waals surface area contributed by atoms with Gasteiger partial charge in [-0.05, 0) is 37.7 Å². The van der Waals surface area contributed by atoms with Crippen LogP contribution in [0.2, 0.25) is 0 Å². The van der Waals surface area contributed by atoms with Crippen LogP contribution in [0.5, 0.6) is 0 Å². The predicted octanol–water partition coefficient (Wildman–Crippen LogP) is 2.86. The van der Waals surface area contributed by atoms with E-state index in [1.54, 1.807) is 6.07 Å². The van der Waals surface area contributed by atoms with Crippen molar-refractivity contribution in [2.24, 2.45) is 0 Å². The molecule has 1 atom stereocenters. The van der Waals surface area contributed by atoms with Crippen molar-refractivity contribution in [1.29, 1.82) is 0 Å². The number of halogens is 1. The van der Waals surface area contributed by atoms with Crippen molar-refractivity contribution in [1.82, 2.24) is 9.88 Å². The molecule has 0 bridgehead atoms. The first-order valence-corrected chi connectivity index (χ1v) is 6.28. The number of hydrogen-bond acceptors (Lipinski definition) is 3. The summed E-state index contributed by atoms with van der Waals surface area (Å²) in [5, 5.41) is 13.7. The number of nitro groups is 1. The third kappa shape index (κ3) is 2.85. The summed E-state index contributed by atoms with van der Waals surface area (Å²) < 4.78 is 15.6. The van der Waals surface area contributed by atoms with E-state index in [1.165, 1.54) is 12.1 Å². The summed E-state index contributed by atoms with van der Waals surface area (Å²) >= 11 is 0. The van der Waals surface area contributed by atoms with Gasteiger partial charge >= 0.3 is 5.69 Å². The molecule has 1 heterocycles. The molecule has 0 radical (unpaired) electrons. The van der Waals surface area contributed by atoms with Gasteiger partial charge in [-0.1, -0.05) is 6.07 Å². The summed E-state index contributed by atoms with van der Waals surface area (Å²) in [4.78, 5) is 9.87. The van der Waals surface area contributed by atoms with Crippen molar-refractivity contribution >= 4 is 5.69 Å². The van der Waals surface area contributed by atoms with Crippen molar-refractivity contribution in [2.45, 2.75) is 19.5 Å². The van der Waals surface area contributed by atoms with Crippen LogP contribution < -0.4 is 5.32 Å². The van der Waals surface area contributed by atoms with Crippen LogP contribution in [0.1, 0.15) is 24.2 Å². The molecule has 6 heteroatoms. The average Bonchev–Trinajstić information content (AvgIpc) is 2.85. The second-order valence-corrected chi connectivity index (χ2v) is 4.61. The number of nitro benzene ring substituents is 1. The Bertz CT molecular complexity index is 625. The van der Waals surface area contributed by atoms with E-state index in [4.69, 9.17) is 0 Å². The summed E-state index contributed by atoms with van der Waals surface area (Å²) in [5.74, 6) is -0.803. The Morgan fingerprint density at radius 1 is 1.45 bits per heavy atom. The Morgan fingerprint density at radius 3 is 2.80 bits per heavy atom. The maximum Gasteiger partial charge on any atom is 0.304 e. The highest BCUT2D eigenvalue weighted by Crippen LogP contribution is 2.20. The van der Waals surface area contributed by atoms with Crippen molar-refractivity contribution in [3.8, 4) is 0 Å². The zero-order valence-electron chi connectivity index (χ0n) is 11.3. The van der Waals surface area contributed by atoms with Gasteiger partial charge in [0.25, 0.3) is 0 Å². The fourth-order valence-electron chi connectivity index (χ4n) is 2.11. The molecule has 0 aliphatic rings. The monoisotopic (exact) mass is 277 g/mol. The first-order valence-electron chi connectivity index (χ1n) is 6.28. The fourth-order valence-corrected chi connectivity index (χ4v) is 2.11. The highest BCUT2D eigenvalue weighted by molar-refractivity contribution is 5.35. The molecule has 0 amide bonds. The minimum absolute atomic E-state index is 0.174. The molecule has 0 spiro atoms. The van der Waals surface area contributed by atoms with Gasteiger partial charge < -0.3 is 9.88 Å². The summed E-state index contributed by atoms with van der Waals surface area (Å²) in [6.45, 7) is 2.51. The number of aromatic nitrogens is 1. The molecule has 0 aliphatic carbocycles. The molecule has 0 saturated heterocycles. The Hall–Kier alpha value is -2.21. The quantitative estimate of drug-likeness (QED) is 0.675. The second-order valence-electron chi connectivity index (χ2n) is 4.61. The van der Waals surface area contributed by atoms with Crippen LogP contribution in [0, 0.1) is 15.9 Å². The lowest BCUT2D eigenvalue weighted by Gasteiger charge is -2.15. The van der Waals surface area contributed by atoms with E-state index in [9.17, 15) is 14.5 Å². The number of benzene rings is 1. The molecule has 1 aromatic heterocycles. The van der Waals surface area contributed by atoms with Crippen LogP contribution >= 0.6 is 0 Å². The third-order valence-electron chi connectivity index (χ3n) is 3.30. The lowest BCUT2D eigenvalue weighted by molar-refractivity contribution is -0.387. The van der Waals surface area contributed by atoms with E-state index in [0.717, 1.165) is 5.69 Å². The van der Waals surface area contributed by atoms with Crippen LogP contribution in [-0.4, -0.2) is 16.5 Å². The minimum Gasteiger partial charge on any atom is -0.346 e. The summed E-state index contributed by atoms with van der Waals surface area (Å²) in [6.07, 6.45) is 1.91. The maximum absolute atomic E-state index is 13.6. The molecule has 0 saturated carbocycles. The highest BCUT2D eigenvalue weighted by atomic mass is 19.1. The van der Waals surface area contributed by atoms with Crippen LogP contribution in [0.25, 0.3) is 0 Å². The summed E-state index contributed by atoms with van der Waals surface area (Å²) in [7, 11) is 1.87. The minimum atomic E-state index is -0.803. The lowest BCUT2D eigenvalue weighted by Crippen LogP contribution is -2.17. The van der Waals surface area contributed by atoms with E-state index >= 15 is 0 Å². The molecule has 20 heavy (non-hydrogen) atoms. The molecule has 0 fully saturated rings. The number of nitrogens with one attached hydrogen (secondary N) is 1. The zero-order valence-corrected chi connectivity index (χ0v) is 11.3. The predicted molar refractivity (Wildman–Crippen MR) is 74.1 cm³/mol. The summed E-state index contributed by atoms with van der Waals surface area (Å²) in [5.41, 5.74) is 1.27. The highest BCUT2D eigenvalue weighted by Gasteiger charge is 2.14.